The van der Waals surface area contributed by atoms with Crippen molar-refractivity contribution in [2.24, 2.45) is 0 Å². The average Bonchev–Trinajstić information content (AvgIpc) is 2.93. The number of aromatic amines is 1. The zero-order valence-corrected chi connectivity index (χ0v) is 10.9. The molecule has 20 heavy (non-hydrogen) atoms. The van der Waals surface area contributed by atoms with E-state index in [9.17, 15) is 15.3 Å². The van der Waals surface area contributed by atoms with Gasteiger partial charge in [0.05, 0.1) is 47.2 Å². The van der Waals surface area contributed by atoms with Crippen LogP contribution < -0.4 is 11.0 Å². The van der Waals surface area contributed by atoms with Crippen molar-refractivity contribution in [1.29, 1.82) is 0 Å². The lowest BCUT2D eigenvalue weighted by Crippen LogP contribution is -2.35. The van der Waals surface area contributed by atoms with Gasteiger partial charge in [0, 0.05) is 11.8 Å². The highest BCUT2D eigenvalue weighted by molar-refractivity contribution is 6.29. The van der Waals surface area contributed by atoms with Gasteiger partial charge in [-0.1, -0.05) is 0 Å². The van der Waals surface area contributed by atoms with Crippen molar-refractivity contribution in [1.82, 2.24) is 20.3 Å². The Morgan fingerprint density at radius 1 is 1.30 bits per heavy atom. The first-order valence-corrected chi connectivity index (χ1v) is 6.37. The maximum absolute atomic E-state index is 10.1. The summed E-state index contributed by atoms with van der Waals surface area (Å²) in [6.07, 6.45) is -0.350. The molecule has 4 unspecified atom stereocenters. The molecular formula is C12H15BN4O3. The van der Waals surface area contributed by atoms with Gasteiger partial charge in [0.25, 0.3) is 0 Å². The van der Waals surface area contributed by atoms with Gasteiger partial charge < -0.3 is 25.6 Å². The molecule has 7 nitrogen and oxygen atoms in total. The molecule has 0 spiro atoms. The average molecular weight is 274 g/mol. The first-order valence-electron chi connectivity index (χ1n) is 6.37. The van der Waals surface area contributed by atoms with Crippen molar-refractivity contribution in [3.8, 4) is 0 Å². The van der Waals surface area contributed by atoms with Gasteiger partial charge in [0.15, 0.2) is 7.85 Å². The van der Waals surface area contributed by atoms with Gasteiger partial charge in [-0.15, -0.1) is 0 Å². The minimum Gasteiger partial charge on any atom is -0.395 e. The number of aliphatic hydroxyl groups excluding tert-OH is 3. The van der Waals surface area contributed by atoms with E-state index >= 15 is 0 Å². The monoisotopic (exact) mass is 274 g/mol. The van der Waals surface area contributed by atoms with E-state index in [1.807, 2.05) is 6.92 Å². The number of nitrogens with zero attached hydrogens (tertiary/aromatic N) is 2. The summed E-state index contributed by atoms with van der Waals surface area (Å²) < 4.78 is 0. The molecule has 0 aliphatic carbocycles. The lowest BCUT2D eigenvalue weighted by molar-refractivity contribution is 0.0196. The molecule has 8 heteroatoms. The van der Waals surface area contributed by atoms with Crippen LogP contribution in [0.3, 0.4) is 0 Å². The smallest absolute Gasteiger partial charge is 0.170 e. The Morgan fingerprint density at radius 3 is 2.70 bits per heavy atom. The molecule has 0 bridgehead atoms. The first kappa shape index (κ1) is 13.5. The molecule has 3 heterocycles. The van der Waals surface area contributed by atoms with Gasteiger partial charge in [-0.25, -0.2) is 9.97 Å². The van der Waals surface area contributed by atoms with Crippen LogP contribution in [0.4, 0.5) is 0 Å². The minimum atomic E-state index is -1.03. The summed E-state index contributed by atoms with van der Waals surface area (Å²) in [5.41, 5.74) is 2.91. The number of fused-ring (bicyclic) bond motifs is 1. The molecule has 0 aromatic carbocycles. The number of hydrogen-bond acceptors (Lipinski definition) is 6. The number of hydrogen-bond donors (Lipinski definition) is 5. The predicted molar refractivity (Wildman–Crippen MR) is 72.8 cm³/mol. The van der Waals surface area contributed by atoms with Crippen LogP contribution in [0, 0.1) is 6.92 Å². The molecule has 3 rings (SSSR count). The summed E-state index contributed by atoms with van der Waals surface area (Å²) in [5, 5.41) is 32.2. The molecular weight excluding hydrogens is 259 g/mol. The van der Waals surface area contributed by atoms with Gasteiger partial charge in [-0.3, -0.25) is 0 Å². The van der Waals surface area contributed by atoms with E-state index in [0.29, 0.717) is 16.8 Å². The standard InChI is InChI=1S/C12H15BN4O3/c1-4-7-8(17-12(13)15-4)5(2-14-7)9-11(20)10(19)6(3-18)16-9/h2,6,9-11,14,16,18-20H,3H2,1H3. The minimum absolute atomic E-state index is 0.155. The highest BCUT2D eigenvalue weighted by Crippen LogP contribution is 2.31. The van der Waals surface area contributed by atoms with Gasteiger partial charge in [0.1, 0.15) is 6.10 Å². The van der Waals surface area contributed by atoms with E-state index in [4.69, 9.17) is 7.85 Å². The van der Waals surface area contributed by atoms with E-state index < -0.39 is 24.3 Å². The number of rotatable bonds is 2. The second-order valence-electron chi connectivity index (χ2n) is 5.05. The predicted octanol–water partition coefficient (Wildman–Crippen LogP) is -2.21. The highest BCUT2D eigenvalue weighted by Gasteiger charge is 2.42. The molecule has 2 radical (unpaired) electrons. The largest absolute Gasteiger partial charge is 0.395 e. The second kappa shape index (κ2) is 4.82. The maximum atomic E-state index is 10.1. The fourth-order valence-electron chi connectivity index (χ4n) is 2.73. The molecule has 104 valence electrons. The van der Waals surface area contributed by atoms with Crippen LogP contribution in [0.15, 0.2) is 6.20 Å². The lowest BCUT2D eigenvalue weighted by atomic mass is 10.0. The Bertz CT molecular complexity index is 647. The lowest BCUT2D eigenvalue weighted by Gasteiger charge is -2.15. The summed E-state index contributed by atoms with van der Waals surface area (Å²) in [4.78, 5) is 11.3. The first-order chi connectivity index (χ1) is 9.52. The molecule has 0 saturated carbocycles. The maximum Gasteiger partial charge on any atom is 0.170 e. The fraction of sp³-hybridized carbons (Fsp3) is 0.500. The van der Waals surface area contributed by atoms with E-state index in [1.54, 1.807) is 6.20 Å². The zero-order valence-electron chi connectivity index (χ0n) is 10.9. The molecule has 1 aliphatic rings. The van der Waals surface area contributed by atoms with Crippen LogP contribution >= 0.6 is 0 Å². The molecule has 2 aromatic heterocycles. The Labute approximate surface area is 116 Å². The second-order valence-corrected chi connectivity index (χ2v) is 5.05. The van der Waals surface area contributed by atoms with Crippen LogP contribution in [-0.2, 0) is 0 Å². The van der Waals surface area contributed by atoms with Crippen molar-refractivity contribution < 1.29 is 15.3 Å². The quantitative estimate of drug-likeness (QED) is 0.397. The number of H-pyrrole nitrogens is 1. The number of aryl methyl sites for hydroxylation is 1. The Hall–Kier alpha value is -1.48. The summed E-state index contributed by atoms with van der Waals surface area (Å²) in [7, 11) is 5.66. The fourth-order valence-corrected chi connectivity index (χ4v) is 2.73. The number of aliphatic hydroxyl groups is 3. The SMILES string of the molecule is [B]c1nc(C)c2[nH]cc(C3NC(CO)C(O)C3O)c2n1. The summed E-state index contributed by atoms with van der Waals surface area (Å²) in [6.45, 7) is 1.55. The topological polar surface area (TPSA) is 114 Å². The molecule has 2 aromatic rings. The van der Waals surface area contributed by atoms with Gasteiger partial charge in [0.2, 0.25) is 0 Å². The number of nitrogens with one attached hydrogen (secondary N) is 2. The summed E-state index contributed by atoms with van der Waals surface area (Å²) in [5.74, 6) is 0. The Morgan fingerprint density at radius 2 is 2.05 bits per heavy atom. The normalized spacial score (nSPS) is 30.2. The van der Waals surface area contributed by atoms with E-state index in [2.05, 4.69) is 20.3 Å². The van der Waals surface area contributed by atoms with Crippen molar-refractivity contribution >= 4 is 24.6 Å². The molecule has 5 N–H and O–H groups in total. The van der Waals surface area contributed by atoms with Gasteiger partial charge in [-0.2, -0.15) is 0 Å². The molecule has 0 amide bonds. The molecule has 4 atom stereocenters. The summed E-state index contributed by atoms with van der Waals surface area (Å²) >= 11 is 0. The third kappa shape index (κ3) is 1.92. The molecule has 1 fully saturated rings. The third-order valence-electron chi connectivity index (χ3n) is 3.78. The number of aromatic nitrogens is 3. The van der Waals surface area contributed by atoms with Crippen molar-refractivity contribution in [2.45, 2.75) is 31.2 Å². The van der Waals surface area contributed by atoms with Crippen LogP contribution in [0.25, 0.3) is 11.0 Å². The van der Waals surface area contributed by atoms with Crippen molar-refractivity contribution in [3.63, 3.8) is 0 Å². The van der Waals surface area contributed by atoms with Crippen molar-refractivity contribution in [3.05, 3.63) is 17.5 Å². The van der Waals surface area contributed by atoms with Crippen LogP contribution in [-0.4, -0.2) is 63.0 Å². The van der Waals surface area contributed by atoms with E-state index in [1.165, 1.54) is 0 Å². The Balaban J connectivity index is 2.07. The van der Waals surface area contributed by atoms with Gasteiger partial charge in [-0.05, 0) is 6.92 Å². The van der Waals surface area contributed by atoms with Crippen LogP contribution in [0.2, 0.25) is 0 Å². The molecule has 1 aliphatic heterocycles. The van der Waals surface area contributed by atoms with E-state index in [0.717, 1.165) is 5.52 Å². The van der Waals surface area contributed by atoms with Crippen LogP contribution in [0.5, 0.6) is 0 Å². The summed E-state index contributed by atoms with van der Waals surface area (Å²) in [6, 6.07) is -1.09. The highest BCUT2D eigenvalue weighted by atomic mass is 16.3. The molecule has 1 saturated heterocycles. The third-order valence-corrected chi connectivity index (χ3v) is 3.78. The van der Waals surface area contributed by atoms with Crippen LogP contribution in [0.1, 0.15) is 17.3 Å². The van der Waals surface area contributed by atoms with E-state index in [-0.39, 0.29) is 12.3 Å². The Kier molecular flexibility index (Phi) is 3.25. The van der Waals surface area contributed by atoms with Gasteiger partial charge >= 0.3 is 0 Å². The van der Waals surface area contributed by atoms with Crippen molar-refractivity contribution in [2.75, 3.05) is 6.61 Å². The zero-order chi connectivity index (χ0) is 14.4.